The first-order chi connectivity index (χ1) is 7.84. The summed E-state index contributed by atoms with van der Waals surface area (Å²) >= 11 is 0. The first kappa shape index (κ1) is 16.6. The molecule has 17 heavy (non-hydrogen) atoms. The van der Waals surface area contributed by atoms with Crippen molar-refractivity contribution < 1.29 is 14.3 Å². The molecule has 0 spiro atoms. The van der Waals surface area contributed by atoms with Gasteiger partial charge in [-0.05, 0) is 19.3 Å². The smallest absolute Gasteiger partial charge is 0.239 e. The minimum Gasteiger partial charge on any atom is -0.385 e. The molecule has 1 atom stereocenters. The average Bonchev–Trinajstić information content (AvgIpc) is 2.34. The van der Waals surface area contributed by atoms with Gasteiger partial charge in [-0.1, -0.05) is 0 Å². The Hall–Kier alpha value is -0.360. The predicted molar refractivity (Wildman–Crippen MR) is 68.6 cm³/mol. The van der Waals surface area contributed by atoms with Crippen molar-refractivity contribution in [2.24, 2.45) is 0 Å². The van der Waals surface area contributed by atoms with E-state index in [1.165, 1.54) is 0 Å². The number of carbonyl (C=O) groups excluding carboxylic acids is 1. The van der Waals surface area contributed by atoms with Gasteiger partial charge in [0.25, 0.3) is 0 Å². The van der Waals surface area contributed by atoms with Crippen molar-refractivity contribution >= 4 is 18.3 Å². The Bertz CT molecular complexity index is 199. The summed E-state index contributed by atoms with van der Waals surface area (Å²) in [5.74, 6) is 0.0476. The Balaban J connectivity index is 0.00000256. The lowest BCUT2D eigenvalue weighted by Crippen LogP contribution is -2.51. The van der Waals surface area contributed by atoms with Crippen LogP contribution in [0.5, 0.6) is 0 Å². The highest BCUT2D eigenvalue weighted by Crippen LogP contribution is 1.96. The highest BCUT2D eigenvalue weighted by molar-refractivity contribution is 5.85. The van der Waals surface area contributed by atoms with Crippen LogP contribution in [-0.4, -0.2) is 52.0 Å². The summed E-state index contributed by atoms with van der Waals surface area (Å²) in [5, 5.41) is 6.03. The summed E-state index contributed by atoms with van der Waals surface area (Å²) in [6.07, 6.45) is 3.14. The molecule has 1 fully saturated rings. The zero-order valence-electron chi connectivity index (χ0n) is 10.4. The Kier molecular flexibility index (Phi) is 10.5. The van der Waals surface area contributed by atoms with Crippen LogP contribution in [0, 0.1) is 0 Å². The Morgan fingerprint density at radius 3 is 2.94 bits per heavy atom. The highest BCUT2D eigenvalue weighted by Gasteiger charge is 2.20. The van der Waals surface area contributed by atoms with E-state index in [1.54, 1.807) is 7.11 Å². The fraction of sp³-hybridized carbons (Fsp3) is 0.909. The normalized spacial score (nSPS) is 19.5. The van der Waals surface area contributed by atoms with Gasteiger partial charge in [0.15, 0.2) is 0 Å². The van der Waals surface area contributed by atoms with E-state index >= 15 is 0 Å². The van der Waals surface area contributed by atoms with Crippen LogP contribution in [0.1, 0.15) is 19.3 Å². The maximum atomic E-state index is 11.6. The number of methoxy groups -OCH3 is 1. The topological polar surface area (TPSA) is 59.6 Å². The molecule has 1 unspecified atom stereocenters. The molecule has 0 saturated carbocycles. The lowest BCUT2D eigenvalue weighted by Gasteiger charge is -2.22. The SMILES string of the molecule is COCCCCCNC(=O)C1COCCN1.Cl. The van der Waals surface area contributed by atoms with Gasteiger partial charge in [0.1, 0.15) is 6.04 Å². The van der Waals surface area contributed by atoms with Gasteiger partial charge < -0.3 is 20.1 Å². The average molecular weight is 267 g/mol. The Morgan fingerprint density at radius 2 is 2.29 bits per heavy atom. The van der Waals surface area contributed by atoms with Crippen LogP contribution in [0.4, 0.5) is 0 Å². The molecule has 1 aliphatic heterocycles. The summed E-state index contributed by atoms with van der Waals surface area (Å²) in [7, 11) is 1.70. The van der Waals surface area contributed by atoms with Gasteiger partial charge in [0, 0.05) is 26.8 Å². The van der Waals surface area contributed by atoms with Crippen LogP contribution >= 0.6 is 12.4 Å². The molecule has 1 heterocycles. The summed E-state index contributed by atoms with van der Waals surface area (Å²) in [5.41, 5.74) is 0. The standard InChI is InChI=1S/C11H22N2O3.ClH/c1-15-7-4-2-3-5-13-11(14)10-9-16-8-6-12-10;/h10,12H,2-9H2,1H3,(H,13,14);1H. The third kappa shape index (κ3) is 7.54. The molecule has 6 heteroatoms. The second-order valence-electron chi connectivity index (χ2n) is 3.93. The van der Waals surface area contributed by atoms with Crippen molar-refractivity contribution in [2.45, 2.75) is 25.3 Å². The third-order valence-electron chi connectivity index (χ3n) is 2.56. The number of hydrogen-bond acceptors (Lipinski definition) is 4. The van der Waals surface area contributed by atoms with Crippen LogP contribution in [0.25, 0.3) is 0 Å². The van der Waals surface area contributed by atoms with Gasteiger partial charge in [-0.3, -0.25) is 4.79 Å². The molecular formula is C11H23ClN2O3. The molecule has 1 aliphatic rings. The Labute approximate surface area is 109 Å². The van der Waals surface area contributed by atoms with E-state index in [0.29, 0.717) is 13.2 Å². The van der Waals surface area contributed by atoms with Crippen molar-refractivity contribution in [3.8, 4) is 0 Å². The second-order valence-corrected chi connectivity index (χ2v) is 3.93. The maximum absolute atomic E-state index is 11.6. The minimum absolute atomic E-state index is 0. The number of rotatable bonds is 7. The predicted octanol–water partition coefficient (Wildman–Crippen LogP) is 0.330. The molecule has 1 amide bonds. The lowest BCUT2D eigenvalue weighted by atomic mass is 10.2. The second kappa shape index (κ2) is 10.8. The quantitative estimate of drug-likeness (QED) is 0.652. The van der Waals surface area contributed by atoms with Crippen LogP contribution < -0.4 is 10.6 Å². The van der Waals surface area contributed by atoms with Crippen LogP contribution in [0.15, 0.2) is 0 Å². The van der Waals surface area contributed by atoms with Gasteiger partial charge >= 0.3 is 0 Å². The summed E-state index contributed by atoms with van der Waals surface area (Å²) < 4.78 is 10.2. The Morgan fingerprint density at radius 1 is 1.47 bits per heavy atom. The largest absolute Gasteiger partial charge is 0.385 e. The van der Waals surface area contributed by atoms with E-state index in [4.69, 9.17) is 9.47 Å². The van der Waals surface area contributed by atoms with E-state index in [0.717, 1.165) is 39.0 Å². The van der Waals surface area contributed by atoms with E-state index in [1.807, 2.05) is 0 Å². The van der Waals surface area contributed by atoms with Crippen LogP contribution in [0.3, 0.4) is 0 Å². The van der Waals surface area contributed by atoms with Crippen LogP contribution in [-0.2, 0) is 14.3 Å². The minimum atomic E-state index is -0.173. The van der Waals surface area contributed by atoms with Crippen molar-refractivity contribution in [3.05, 3.63) is 0 Å². The first-order valence-electron chi connectivity index (χ1n) is 5.92. The molecule has 0 aromatic carbocycles. The molecule has 0 aromatic heterocycles. The molecule has 0 aliphatic carbocycles. The maximum Gasteiger partial charge on any atom is 0.239 e. The van der Waals surface area contributed by atoms with Gasteiger partial charge in [-0.15, -0.1) is 12.4 Å². The van der Waals surface area contributed by atoms with Gasteiger partial charge in [0.05, 0.1) is 13.2 Å². The number of unbranched alkanes of at least 4 members (excludes halogenated alkanes) is 2. The molecule has 0 radical (unpaired) electrons. The first-order valence-corrected chi connectivity index (χ1v) is 5.92. The highest BCUT2D eigenvalue weighted by atomic mass is 35.5. The fourth-order valence-corrected chi connectivity index (χ4v) is 1.62. The molecule has 102 valence electrons. The van der Waals surface area contributed by atoms with E-state index < -0.39 is 0 Å². The lowest BCUT2D eigenvalue weighted by molar-refractivity contribution is -0.125. The van der Waals surface area contributed by atoms with Gasteiger partial charge in [-0.2, -0.15) is 0 Å². The van der Waals surface area contributed by atoms with Crippen LogP contribution in [0.2, 0.25) is 0 Å². The zero-order valence-corrected chi connectivity index (χ0v) is 11.2. The molecular weight excluding hydrogens is 244 g/mol. The molecule has 1 rings (SSSR count). The summed E-state index contributed by atoms with van der Waals surface area (Å²) in [6, 6.07) is -0.173. The summed E-state index contributed by atoms with van der Waals surface area (Å²) in [4.78, 5) is 11.6. The number of carbonyl (C=O) groups is 1. The van der Waals surface area contributed by atoms with E-state index in [-0.39, 0.29) is 24.4 Å². The molecule has 0 aromatic rings. The van der Waals surface area contributed by atoms with Crippen molar-refractivity contribution in [1.29, 1.82) is 0 Å². The fourth-order valence-electron chi connectivity index (χ4n) is 1.62. The molecule has 5 nitrogen and oxygen atoms in total. The molecule has 2 N–H and O–H groups in total. The number of amides is 1. The number of ether oxygens (including phenoxy) is 2. The van der Waals surface area contributed by atoms with Crippen molar-refractivity contribution in [1.82, 2.24) is 10.6 Å². The zero-order chi connectivity index (χ0) is 11.6. The summed E-state index contributed by atoms with van der Waals surface area (Å²) in [6.45, 7) is 3.47. The number of hydrogen-bond donors (Lipinski definition) is 2. The number of halogens is 1. The van der Waals surface area contributed by atoms with Crippen molar-refractivity contribution in [2.75, 3.05) is 40.0 Å². The molecule has 1 saturated heterocycles. The van der Waals surface area contributed by atoms with Crippen molar-refractivity contribution in [3.63, 3.8) is 0 Å². The van der Waals surface area contributed by atoms with E-state index in [9.17, 15) is 4.79 Å². The molecule has 0 bridgehead atoms. The number of morpholine rings is 1. The van der Waals surface area contributed by atoms with Gasteiger partial charge in [0.2, 0.25) is 5.91 Å². The number of nitrogens with one attached hydrogen (secondary N) is 2. The van der Waals surface area contributed by atoms with Gasteiger partial charge in [-0.25, -0.2) is 0 Å². The van der Waals surface area contributed by atoms with E-state index in [2.05, 4.69) is 10.6 Å². The monoisotopic (exact) mass is 266 g/mol. The third-order valence-corrected chi connectivity index (χ3v) is 2.56.